The number of hydrogen-bond donors (Lipinski definition) is 1. The Hall–Kier alpha value is -2.00. The van der Waals surface area contributed by atoms with E-state index in [-0.39, 0.29) is 51.3 Å². The van der Waals surface area contributed by atoms with E-state index in [1.54, 1.807) is 0 Å². The molecule has 0 aromatic rings. The van der Waals surface area contributed by atoms with Crippen LogP contribution in [-0.2, 0) is 19.2 Å². The smallest absolute Gasteiger partial charge is 0.249 e. The number of nitriles is 1. The molecular formula is C33H50N2O4. The molecule has 4 aliphatic carbocycles. The monoisotopic (exact) mass is 538 g/mol. The van der Waals surface area contributed by atoms with Gasteiger partial charge in [-0.25, -0.2) is 5.48 Å². The van der Waals surface area contributed by atoms with Crippen molar-refractivity contribution in [3.63, 3.8) is 0 Å². The topological polar surface area (TPSA) is 96.3 Å². The Kier molecular flexibility index (Phi) is 7.33. The molecule has 1 amide bonds. The third kappa shape index (κ3) is 4.42. The Morgan fingerprint density at radius 1 is 0.897 bits per heavy atom. The largest absolute Gasteiger partial charge is 0.299 e. The molecule has 4 aliphatic rings. The minimum atomic E-state index is -0.645. The average molecular weight is 539 g/mol. The van der Waals surface area contributed by atoms with Crippen LogP contribution in [0.2, 0.25) is 0 Å². The van der Waals surface area contributed by atoms with E-state index in [4.69, 9.17) is 4.84 Å². The number of Topliss-reactive ketones (excluding diaryl/α,β-unsaturated/α-hetero) is 2. The molecule has 7 atom stereocenters. The summed E-state index contributed by atoms with van der Waals surface area (Å²) in [7, 11) is 1.48. The second kappa shape index (κ2) is 9.54. The number of nitrogens with one attached hydrogen (secondary N) is 1. The fraction of sp³-hybridized carbons (Fsp3) is 0.818. The molecule has 1 N–H and O–H groups in total. The number of nitrogens with zero attached hydrogens (tertiary/aromatic N) is 1. The minimum Gasteiger partial charge on any atom is -0.299 e. The standard InChI is InChI=1S/C33H50N2O4/c1-28(2)12-10-22-23(36)18-25-31(6)19-21(20-34)26(37)29(3,4)24(31)11-13-33(25,8)32(22,7)17-16-30(5,15-14-28)27(38)35-39-9/h19,22,24-25H,10-18H2,1-9H3,(H,35,38)/t22?,24-,25+,30-,31-,32+,33+/m0/s1. The van der Waals surface area contributed by atoms with Gasteiger partial charge in [-0.2, -0.15) is 5.26 Å². The number of rotatable bonds is 2. The van der Waals surface area contributed by atoms with E-state index in [1.165, 1.54) is 7.11 Å². The highest BCUT2D eigenvalue weighted by atomic mass is 16.6. The lowest BCUT2D eigenvalue weighted by Crippen LogP contribution is -2.65. The van der Waals surface area contributed by atoms with Crippen LogP contribution in [0, 0.1) is 61.6 Å². The number of hydrogen-bond acceptors (Lipinski definition) is 5. The predicted molar refractivity (Wildman–Crippen MR) is 151 cm³/mol. The summed E-state index contributed by atoms with van der Waals surface area (Å²) in [6, 6.07) is 2.20. The number of fused-ring (bicyclic) bond motifs is 5. The van der Waals surface area contributed by atoms with E-state index in [0.717, 1.165) is 44.9 Å². The molecule has 6 nitrogen and oxygen atoms in total. The van der Waals surface area contributed by atoms with E-state index >= 15 is 0 Å². The van der Waals surface area contributed by atoms with Gasteiger partial charge < -0.3 is 0 Å². The minimum absolute atomic E-state index is 0.0206. The van der Waals surface area contributed by atoms with Crippen LogP contribution in [-0.4, -0.2) is 24.6 Å². The van der Waals surface area contributed by atoms with E-state index < -0.39 is 16.2 Å². The van der Waals surface area contributed by atoms with Gasteiger partial charge in [-0.3, -0.25) is 19.2 Å². The Morgan fingerprint density at radius 3 is 2.15 bits per heavy atom. The molecule has 216 valence electrons. The summed E-state index contributed by atoms with van der Waals surface area (Å²) in [5.41, 5.74) is 0.734. The van der Waals surface area contributed by atoms with Crippen molar-refractivity contribution >= 4 is 17.5 Å². The maximum atomic E-state index is 14.2. The molecule has 0 heterocycles. The van der Waals surface area contributed by atoms with Gasteiger partial charge in [0.05, 0.1) is 12.7 Å². The van der Waals surface area contributed by atoms with Crippen LogP contribution in [0.15, 0.2) is 11.6 Å². The van der Waals surface area contributed by atoms with E-state index in [2.05, 4.69) is 53.1 Å². The van der Waals surface area contributed by atoms with Crippen molar-refractivity contribution in [3.8, 4) is 6.07 Å². The quantitative estimate of drug-likeness (QED) is 0.393. The molecule has 3 saturated carbocycles. The van der Waals surface area contributed by atoms with Gasteiger partial charge in [0.15, 0.2) is 5.78 Å². The Morgan fingerprint density at radius 2 is 1.54 bits per heavy atom. The lowest BCUT2D eigenvalue weighted by Gasteiger charge is -2.68. The Bertz CT molecular complexity index is 1130. The van der Waals surface area contributed by atoms with Gasteiger partial charge in [0.1, 0.15) is 11.9 Å². The maximum Gasteiger partial charge on any atom is 0.249 e. The third-order valence-electron chi connectivity index (χ3n) is 12.8. The first-order chi connectivity index (χ1) is 17.9. The summed E-state index contributed by atoms with van der Waals surface area (Å²) in [5, 5.41) is 9.92. The zero-order chi connectivity index (χ0) is 29.2. The number of ketones is 2. The molecule has 0 aromatic carbocycles. The number of amides is 1. The summed E-state index contributed by atoms with van der Waals surface area (Å²) in [6.45, 7) is 17.5. The fourth-order valence-electron chi connectivity index (χ4n) is 9.71. The number of carbonyl (C=O) groups is 3. The van der Waals surface area contributed by atoms with Crippen molar-refractivity contribution in [1.82, 2.24) is 5.48 Å². The highest BCUT2D eigenvalue weighted by Gasteiger charge is 2.68. The zero-order valence-electron chi connectivity index (χ0n) is 25.8. The van der Waals surface area contributed by atoms with Gasteiger partial charge in [0.2, 0.25) is 5.91 Å². The molecule has 3 fully saturated rings. The van der Waals surface area contributed by atoms with Crippen LogP contribution in [0.3, 0.4) is 0 Å². The van der Waals surface area contributed by atoms with Crippen LogP contribution < -0.4 is 5.48 Å². The summed E-state index contributed by atoms with van der Waals surface area (Å²) in [6.07, 6.45) is 9.24. The predicted octanol–water partition coefficient (Wildman–Crippen LogP) is 6.74. The molecular weight excluding hydrogens is 488 g/mol. The molecule has 0 saturated heterocycles. The molecule has 0 radical (unpaired) electrons. The summed E-state index contributed by atoms with van der Waals surface area (Å²) >= 11 is 0. The van der Waals surface area contributed by atoms with E-state index in [9.17, 15) is 19.6 Å². The van der Waals surface area contributed by atoms with Gasteiger partial charge in [0.25, 0.3) is 0 Å². The molecule has 6 heteroatoms. The highest BCUT2D eigenvalue weighted by Crippen LogP contribution is 2.72. The molecule has 0 bridgehead atoms. The summed E-state index contributed by atoms with van der Waals surface area (Å²) in [4.78, 5) is 45.9. The number of allylic oxidation sites excluding steroid dienone is 2. The molecule has 4 rings (SSSR count). The normalized spacial score (nSPS) is 43.6. The molecule has 39 heavy (non-hydrogen) atoms. The summed E-state index contributed by atoms with van der Waals surface area (Å²) < 4.78 is 0. The first-order valence-electron chi connectivity index (χ1n) is 15.0. The summed E-state index contributed by atoms with van der Waals surface area (Å²) in [5.74, 6) is 0.213. The first kappa shape index (κ1) is 30.0. The SMILES string of the molecule is CONC(=O)[C@@]1(C)CCC(C)(C)CCC2C(=O)C[C@@H]3[C@@]4(C)C=C(C#N)C(=O)C(C)(C)[C@@H]4CC[C@@]3(C)[C@]2(C)CC1. The van der Waals surface area contributed by atoms with Crippen LogP contribution in [0.4, 0.5) is 0 Å². The highest BCUT2D eigenvalue weighted by molar-refractivity contribution is 6.04. The lowest BCUT2D eigenvalue weighted by molar-refractivity contribution is -0.192. The first-order valence-corrected chi connectivity index (χ1v) is 15.0. The van der Waals surface area contributed by atoms with Crippen LogP contribution in [0.5, 0.6) is 0 Å². The van der Waals surface area contributed by atoms with Crippen molar-refractivity contribution < 1.29 is 19.2 Å². The van der Waals surface area contributed by atoms with Crippen LogP contribution in [0.25, 0.3) is 0 Å². The van der Waals surface area contributed by atoms with Crippen molar-refractivity contribution in [2.45, 2.75) is 113 Å². The second-order valence-corrected chi connectivity index (χ2v) is 15.7. The molecule has 1 unspecified atom stereocenters. The van der Waals surface area contributed by atoms with Gasteiger partial charge in [-0.15, -0.1) is 0 Å². The average Bonchev–Trinajstić information content (AvgIpc) is 2.85. The van der Waals surface area contributed by atoms with Gasteiger partial charge in [-0.1, -0.05) is 61.5 Å². The maximum absolute atomic E-state index is 14.2. The van der Waals surface area contributed by atoms with Gasteiger partial charge in [-0.05, 0) is 84.9 Å². The second-order valence-electron chi connectivity index (χ2n) is 15.7. The fourth-order valence-corrected chi connectivity index (χ4v) is 9.71. The van der Waals surface area contributed by atoms with E-state index in [1.807, 2.05) is 19.9 Å². The van der Waals surface area contributed by atoms with Crippen molar-refractivity contribution in [1.29, 1.82) is 5.26 Å². The third-order valence-corrected chi connectivity index (χ3v) is 12.8. The number of carbonyl (C=O) groups excluding carboxylic acids is 3. The molecule has 0 spiro atoms. The van der Waals surface area contributed by atoms with Crippen LogP contribution >= 0.6 is 0 Å². The lowest BCUT2D eigenvalue weighted by atomic mass is 9.35. The van der Waals surface area contributed by atoms with Crippen LogP contribution in [0.1, 0.15) is 113 Å². The Balaban J connectivity index is 1.84. The van der Waals surface area contributed by atoms with E-state index in [0.29, 0.717) is 18.6 Å². The van der Waals surface area contributed by atoms with Crippen molar-refractivity contribution in [2.24, 2.45) is 50.2 Å². The number of hydroxylamine groups is 1. The molecule has 0 aliphatic heterocycles. The van der Waals surface area contributed by atoms with Gasteiger partial charge >= 0.3 is 0 Å². The zero-order valence-corrected chi connectivity index (χ0v) is 25.8. The molecule has 0 aromatic heterocycles. The van der Waals surface area contributed by atoms with Crippen molar-refractivity contribution in [2.75, 3.05) is 7.11 Å². The van der Waals surface area contributed by atoms with Crippen molar-refractivity contribution in [3.05, 3.63) is 11.6 Å². The Labute approximate surface area is 235 Å². The van der Waals surface area contributed by atoms with Gasteiger partial charge in [0, 0.05) is 23.2 Å².